The summed E-state index contributed by atoms with van der Waals surface area (Å²) in [6.45, 7) is 4.43. The lowest BCUT2D eigenvalue weighted by molar-refractivity contribution is -0.870. The number of nitrogens with zero attached hydrogens (tertiary/aromatic N) is 1. The van der Waals surface area contributed by atoms with Crippen LogP contribution in [-0.2, 0) is 32.7 Å². The molecule has 0 aromatic rings. The van der Waals surface area contributed by atoms with Gasteiger partial charge in [0.2, 0.25) is 0 Å². The maximum absolute atomic E-state index is 12.7. The van der Waals surface area contributed by atoms with Crippen LogP contribution in [0, 0.1) is 0 Å². The minimum Gasteiger partial charge on any atom is -0.462 e. The topological polar surface area (TPSA) is 108 Å². The van der Waals surface area contributed by atoms with E-state index in [0.717, 1.165) is 51.4 Å². The standard InChI is InChI=1S/C44H86NO8P/c1-6-8-10-12-14-16-18-20-22-23-25-26-28-30-32-34-36-43(46)50-40-42(41-52-54(48,49)51-39-38-45(3,4)5)53-44(47)37-35-33-31-29-27-24-21-19-17-15-13-11-9-7-2/h22-23,42H,6-21,24-41H2,1-5H3/p+1/b23-22-/t42-/m1/s1. The molecule has 0 spiro atoms. The van der Waals surface area contributed by atoms with Gasteiger partial charge in [0.15, 0.2) is 6.10 Å². The molecule has 0 heterocycles. The molecule has 1 unspecified atom stereocenters. The van der Waals surface area contributed by atoms with Gasteiger partial charge in [-0.1, -0.05) is 167 Å². The lowest BCUT2D eigenvalue weighted by atomic mass is 10.0. The van der Waals surface area contributed by atoms with E-state index in [1.54, 1.807) is 0 Å². The van der Waals surface area contributed by atoms with Crippen LogP contribution in [0.2, 0.25) is 0 Å². The number of phosphoric ester groups is 1. The van der Waals surface area contributed by atoms with Gasteiger partial charge in [0.1, 0.15) is 19.8 Å². The SMILES string of the molecule is CCCCCCCCC/C=C\CCCCCCCC(=O)OC[C@H](COP(=O)(O)OCC[N+](C)(C)C)OC(=O)CCCCCCCCCCCCCCCC. The number of quaternary nitrogens is 1. The minimum absolute atomic E-state index is 0.0336. The zero-order chi connectivity index (χ0) is 40.0. The second-order valence-corrected chi connectivity index (χ2v) is 17.9. The number of ether oxygens (including phenoxy) is 2. The van der Waals surface area contributed by atoms with Gasteiger partial charge in [-0.25, -0.2) is 4.57 Å². The maximum Gasteiger partial charge on any atom is 0.472 e. The predicted molar refractivity (Wildman–Crippen MR) is 224 cm³/mol. The Balaban J connectivity index is 4.33. The van der Waals surface area contributed by atoms with Gasteiger partial charge < -0.3 is 18.9 Å². The molecule has 0 fully saturated rings. The van der Waals surface area contributed by atoms with Crippen LogP contribution in [0.1, 0.15) is 206 Å². The molecule has 0 aliphatic rings. The van der Waals surface area contributed by atoms with Crippen molar-refractivity contribution < 1.29 is 42.1 Å². The number of unbranched alkanes of at least 4 members (excludes halogenated alkanes) is 25. The van der Waals surface area contributed by atoms with Gasteiger partial charge in [-0.3, -0.25) is 18.6 Å². The normalized spacial score (nSPS) is 13.7. The number of carbonyl (C=O) groups is 2. The Morgan fingerprint density at radius 2 is 0.944 bits per heavy atom. The average Bonchev–Trinajstić information content (AvgIpc) is 3.12. The number of phosphoric acid groups is 1. The molecule has 0 saturated heterocycles. The molecule has 0 amide bonds. The molecule has 0 rings (SSSR count). The Labute approximate surface area is 333 Å². The van der Waals surface area contributed by atoms with E-state index in [0.29, 0.717) is 17.4 Å². The van der Waals surface area contributed by atoms with Crippen LogP contribution in [0.5, 0.6) is 0 Å². The van der Waals surface area contributed by atoms with E-state index in [4.69, 9.17) is 18.5 Å². The Kier molecular flexibility index (Phi) is 36.5. The van der Waals surface area contributed by atoms with Crippen LogP contribution in [-0.4, -0.2) is 74.9 Å². The molecule has 54 heavy (non-hydrogen) atoms. The van der Waals surface area contributed by atoms with Gasteiger partial charge in [0.05, 0.1) is 27.7 Å². The Hall–Kier alpha value is -1.25. The third-order valence-electron chi connectivity index (χ3n) is 9.80. The quantitative estimate of drug-likeness (QED) is 0.0214. The van der Waals surface area contributed by atoms with Crippen molar-refractivity contribution in [2.45, 2.75) is 213 Å². The van der Waals surface area contributed by atoms with Crippen molar-refractivity contribution in [1.82, 2.24) is 0 Å². The van der Waals surface area contributed by atoms with Gasteiger partial charge in [-0.2, -0.15) is 0 Å². The molecule has 1 N–H and O–H groups in total. The molecule has 10 heteroatoms. The fraction of sp³-hybridized carbons (Fsp3) is 0.909. The highest BCUT2D eigenvalue weighted by molar-refractivity contribution is 7.47. The van der Waals surface area contributed by atoms with Crippen molar-refractivity contribution in [3.8, 4) is 0 Å². The van der Waals surface area contributed by atoms with E-state index < -0.39 is 26.5 Å². The monoisotopic (exact) mass is 789 g/mol. The molecular formula is C44H87NO8P+. The highest BCUT2D eigenvalue weighted by atomic mass is 31.2. The molecule has 2 atom stereocenters. The second kappa shape index (κ2) is 37.3. The van der Waals surface area contributed by atoms with Crippen molar-refractivity contribution in [3.63, 3.8) is 0 Å². The third kappa shape index (κ3) is 40.4. The van der Waals surface area contributed by atoms with E-state index in [9.17, 15) is 19.0 Å². The van der Waals surface area contributed by atoms with Crippen LogP contribution in [0.3, 0.4) is 0 Å². The fourth-order valence-electron chi connectivity index (χ4n) is 6.24. The number of hydrogen-bond acceptors (Lipinski definition) is 7. The first kappa shape index (κ1) is 52.8. The summed E-state index contributed by atoms with van der Waals surface area (Å²) in [5.41, 5.74) is 0. The summed E-state index contributed by atoms with van der Waals surface area (Å²) in [6.07, 6.45) is 38.2. The van der Waals surface area contributed by atoms with Gasteiger partial charge in [-0.05, 0) is 38.5 Å². The van der Waals surface area contributed by atoms with Crippen LogP contribution in [0.25, 0.3) is 0 Å². The first-order valence-electron chi connectivity index (χ1n) is 22.4. The Morgan fingerprint density at radius 3 is 1.37 bits per heavy atom. The minimum atomic E-state index is -4.37. The lowest BCUT2D eigenvalue weighted by Gasteiger charge is -2.24. The van der Waals surface area contributed by atoms with Gasteiger partial charge in [-0.15, -0.1) is 0 Å². The van der Waals surface area contributed by atoms with Crippen LogP contribution in [0.15, 0.2) is 12.2 Å². The van der Waals surface area contributed by atoms with Crippen LogP contribution < -0.4 is 0 Å². The number of carbonyl (C=O) groups excluding carboxylic acids is 2. The van der Waals surface area contributed by atoms with Crippen molar-refractivity contribution in [3.05, 3.63) is 12.2 Å². The average molecular weight is 789 g/mol. The van der Waals surface area contributed by atoms with Crippen molar-refractivity contribution in [2.24, 2.45) is 0 Å². The van der Waals surface area contributed by atoms with Crippen molar-refractivity contribution in [2.75, 3.05) is 47.5 Å². The van der Waals surface area contributed by atoms with E-state index in [1.807, 2.05) is 21.1 Å². The molecule has 0 aromatic heterocycles. The summed E-state index contributed by atoms with van der Waals surface area (Å²) in [5.74, 6) is -0.798. The molecule has 0 aliphatic heterocycles. The number of rotatable bonds is 41. The van der Waals surface area contributed by atoms with Crippen LogP contribution in [0.4, 0.5) is 0 Å². The summed E-state index contributed by atoms with van der Waals surface area (Å²) in [7, 11) is 1.48. The van der Waals surface area contributed by atoms with E-state index >= 15 is 0 Å². The second-order valence-electron chi connectivity index (χ2n) is 16.4. The molecule has 0 saturated carbocycles. The number of allylic oxidation sites excluding steroid dienone is 2. The van der Waals surface area contributed by atoms with Gasteiger partial charge in [0, 0.05) is 12.8 Å². The number of likely N-dealkylation sites (N-methyl/N-ethyl adjacent to an activating group) is 1. The summed E-state index contributed by atoms with van der Waals surface area (Å²) < 4.78 is 34.3. The zero-order valence-electron chi connectivity index (χ0n) is 36.0. The van der Waals surface area contributed by atoms with E-state index in [1.165, 1.54) is 122 Å². The summed E-state index contributed by atoms with van der Waals surface area (Å²) in [4.78, 5) is 35.3. The Bertz CT molecular complexity index is 938. The number of hydrogen-bond donors (Lipinski definition) is 1. The van der Waals surface area contributed by atoms with Crippen LogP contribution >= 0.6 is 7.82 Å². The molecule has 0 bridgehead atoms. The fourth-order valence-corrected chi connectivity index (χ4v) is 6.99. The van der Waals surface area contributed by atoms with E-state index in [2.05, 4.69) is 26.0 Å². The van der Waals surface area contributed by atoms with Crippen molar-refractivity contribution >= 4 is 19.8 Å². The van der Waals surface area contributed by atoms with Gasteiger partial charge in [0.25, 0.3) is 0 Å². The van der Waals surface area contributed by atoms with E-state index in [-0.39, 0.29) is 32.0 Å². The van der Waals surface area contributed by atoms with Crippen molar-refractivity contribution in [1.29, 1.82) is 0 Å². The highest BCUT2D eigenvalue weighted by Crippen LogP contribution is 2.43. The Morgan fingerprint density at radius 1 is 0.556 bits per heavy atom. The molecule has 0 radical (unpaired) electrons. The third-order valence-corrected chi connectivity index (χ3v) is 10.8. The largest absolute Gasteiger partial charge is 0.472 e. The molecule has 0 aliphatic carbocycles. The lowest BCUT2D eigenvalue weighted by Crippen LogP contribution is -2.37. The highest BCUT2D eigenvalue weighted by Gasteiger charge is 2.27. The first-order chi connectivity index (χ1) is 26.0. The summed E-state index contributed by atoms with van der Waals surface area (Å²) >= 11 is 0. The molecule has 9 nitrogen and oxygen atoms in total. The maximum atomic E-state index is 12.7. The molecular weight excluding hydrogens is 701 g/mol. The summed E-state index contributed by atoms with van der Waals surface area (Å²) in [5, 5.41) is 0. The summed E-state index contributed by atoms with van der Waals surface area (Å²) in [6, 6.07) is 0. The molecule has 320 valence electrons. The van der Waals surface area contributed by atoms with Gasteiger partial charge >= 0.3 is 19.8 Å². The smallest absolute Gasteiger partial charge is 0.462 e. The number of esters is 2. The predicted octanol–water partition coefficient (Wildman–Crippen LogP) is 12.6. The molecule has 0 aromatic carbocycles. The first-order valence-corrected chi connectivity index (χ1v) is 23.9. The zero-order valence-corrected chi connectivity index (χ0v) is 36.9.